The van der Waals surface area contributed by atoms with Crippen LogP contribution in [-0.4, -0.2) is 48.9 Å². The van der Waals surface area contributed by atoms with Crippen LogP contribution < -0.4 is 0 Å². The molecule has 2 aliphatic rings. The standard InChI is InChI=1S/C6H8BN3O3/c7-5-3(12)6(1-9-10-8)2(11)4(6)13-5/h2-5,11-12H,1H2/t2?,3-,4+,5+,6+/m0/s1. The third-order valence-corrected chi connectivity index (χ3v) is 2.83. The van der Waals surface area contributed by atoms with E-state index in [1.807, 2.05) is 0 Å². The first-order chi connectivity index (χ1) is 6.14. The Balaban J connectivity index is 2.17. The minimum atomic E-state index is -0.960. The largest absolute Gasteiger partial charge is 0.390 e. The van der Waals surface area contributed by atoms with Crippen LogP contribution in [0.2, 0.25) is 0 Å². The summed E-state index contributed by atoms with van der Waals surface area (Å²) in [5.74, 6) is 0. The third kappa shape index (κ3) is 0.927. The van der Waals surface area contributed by atoms with Crippen LogP contribution in [0, 0.1) is 5.41 Å². The highest BCUT2D eigenvalue weighted by Gasteiger charge is 2.74. The molecule has 1 unspecified atom stereocenters. The van der Waals surface area contributed by atoms with E-state index < -0.39 is 29.7 Å². The highest BCUT2D eigenvalue weighted by Crippen LogP contribution is 2.57. The first kappa shape index (κ1) is 8.84. The van der Waals surface area contributed by atoms with Crippen molar-refractivity contribution < 1.29 is 14.9 Å². The molecule has 0 spiro atoms. The molecule has 6 nitrogen and oxygen atoms in total. The summed E-state index contributed by atoms with van der Waals surface area (Å²) in [5, 5.41) is 22.3. The van der Waals surface area contributed by atoms with Gasteiger partial charge in [-0.2, -0.15) is 0 Å². The molecule has 13 heavy (non-hydrogen) atoms. The maximum atomic E-state index is 9.56. The van der Waals surface area contributed by atoms with E-state index in [2.05, 4.69) is 10.0 Å². The molecule has 1 saturated heterocycles. The molecule has 2 fully saturated rings. The predicted octanol–water partition coefficient (Wildman–Crippen LogP) is -1.09. The smallest absolute Gasteiger partial charge is 0.112 e. The van der Waals surface area contributed by atoms with Gasteiger partial charge in [0.15, 0.2) is 0 Å². The van der Waals surface area contributed by atoms with E-state index in [1.54, 1.807) is 0 Å². The fourth-order valence-electron chi connectivity index (χ4n) is 1.93. The third-order valence-electron chi connectivity index (χ3n) is 2.83. The highest BCUT2D eigenvalue weighted by atomic mass is 16.6. The van der Waals surface area contributed by atoms with Gasteiger partial charge in [0, 0.05) is 17.5 Å². The lowest BCUT2D eigenvalue weighted by Gasteiger charge is -2.19. The Morgan fingerprint density at radius 3 is 2.77 bits per heavy atom. The number of aliphatic hydroxyl groups is 2. The van der Waals surface area contributed by atoms with Crippen molar-refractivity contribution in [2.75, 3.05) is 6.54 Å². The number of hydrogen-bond acceptors (Lipinski definition) is 4. The van der Waals surface area contributed by atoms with Gasteiger partial charge in [-0.15, -0.1) is 0 Å². The molecule has 0 bridgehead atoms. The molecular weight excluding hydrogens is 173 g/mol. The van der Waals surface area contributed by atoms with E-state index in [0.717, 1.165) is 0 Å². The van der Waals surface area contributed by atoms with Crippen molar-refractivity contribution in [1.29, 1.82) is 0 Å². The van der Waals surface area contributed by atoms with E-state index >= 15 is 0 Å². The summed E-state index contributed by atoms with van der Waals surface area (Å²) in [5.41, 5.74) is 7.27. The van der Waals surface area contributed by atoms with Gasteiger partial charge in [0.05, 0.1) is 23.7 Å². The Labute approximate surface area is 75.5 Å². The summed E-state index contributed by atoms with van der Waals surface area (Å²) >= 11 is 0. The normalized spacial score (nSPS) is 52.5. The lowest BCUT2D eigenvalue weighted by atomic mass is 9.86. The molecule has 0 aromatic carbocycles. The molecule has 0 aromatic rings. The second-order valence-electron chi connectivity index (χ2n) is 3.41. The van der Waals surface area contributed by atoms with Crippen molar-refractivity contribution in [3.8, 4) is 0 Å². The van der Waals surface area contributed by atoms with Gasteiger partial charge in [-0.25, -0.2) is 0 Å². The molecule has 1 heterocycles. The second-order valence-corrected chi connectivity index (χ2v) is 3.41. The average molecular weight is 181 g/mol. The second kappa shape index (κ2) is 2.62. The van der Waals surface area contributed by atoms with Crippen molar-refractivity contribution >= 4 is 7.85 Å². The van der Waals surface area contributed by atoms with Crippen LogP contribution in [0.1, 0.15) is 0 Å². The van der Waals surface area contributed by atoms with Crippen molar-refractivity contribution in [2.24, 2.45) is 10.5 Å². The number of hydrogen-bond donors (Lipinski definition) is 2. The maximum absolute atomic E-state index is 9.56. The number of rotatable bonds is 2. The first-order valence-electron chi connectivity index (χ1n) is 3.92. The average Bonchev–Trinajstić information content (AvgIpc) is 2.56. The number of ether oxygens (including phenoxy) is 1. The fourth-order valence-corrected chi connectivity index (χ4v) is 1.93. The highest BCUT2D eigenvalue weighted by molar-refractivity contribution is 6.11. The molecule has 2 rings (SSSR count). The van der Waals surface area contributed by atoms with Crippen LogP contribution in [0.3, 0.4) is 0 Å². The minimum Gasteiger partial charge on any atom is -0.390 e. The van der Waals surface area contributed by atoms with E-state index in [4.69, 9.17) is 18.1 Å². The van der Waals surface area contributed by atoms with Crippen LogP contribution >= 0.6 is 0 Å². The van der Waals surface area contributed by atoms with Crippen LogP contribution in [-0.2, 0) is 4.74 Å². The summed E-state index contributed by atoms with van der Waals surface area (Å²) < 4.78 is 5.05. The van der Waals surface area contributed by atoms with E-state index in [0.29, 0.717) is 0 Å². The quantitative estimate of drug-likeness (QED) is 0.245. The van der Waals surface area contributed by atoms with Crippen LogP contribution in [0.4, 0.5) is 0 Å². The first-order valence-corrected chi connectivity index (χ1v) is 3.92. The zero-order chi connectivity index (χ0) is 9.64. The van der Waals surface area contributed by atoms with Crippen LogP contribution in [0.25, 0.3) is 10.4 Å². The summed E-state index contributed by atoms with van der Waals surface area (Å²) in [6, 6.07) is -0.790. The molecule has 5 atom stereocenters. The minimum absolute atomic E-state index is 0.0181. The molecule has 68 valence electrons. The number of nitrogens with zero attached hydrogens (tertiary/aromatic N) is 3. The van der Waals surface area contributed by atoms with Crippen molar-refractivity contribution in [1.82, 2.24) is 0 Å². The molecule has 2 radical (unpaired) electrons. The number of azide groups is 1. The molecular formula is C6H8BN3O3. The monoisotopic (exact) mass is 181 g/mol. The van der Waals surface area contributed by atoms with Crippen molar-refractivity contribution in [3.05, 3.63) is 10.4 Å². The van der Waals surface area contributed by atoms with Gasteiger partial charge in [-0.1, -0.05) is 5.11 Å². The van der Waals surface area contributed by atoms with Crippen molar-refractivity contribution in [2.45, 2.75) is 24.3 Å². The van der Waals surface area contributed by atoms with Crippen LogP contribution in [0.5, 0.6) is 0 Å². The SMILES string of the molecule is [B][C@@H]1O[C@@H]2C(O)[C@]2(CN=[N+]=[N-])[C@H]1O. The lowest BCUT2D eigenvalue weighted by Crippen LogP contribution is -2.36. The van der Waals surface area contributed by atoms with Gasteiger partial charge >= 0.3 is 0 Å². The van der Waals surface area contributed by atoms with E-state index in [-0.39, 0.29) is 6.54 Å². The summed E-state index contributed by atoms with van der Waals surface area (Å²) in [6.45, 7) is 0.0181. The summed E-state index contributed by atoms with van der Waals surface area (Å²) in [4.78, 5) is 2.57. The molecule has 2 N–H and O–H groups in total. The van der Waals surface area contributed by atoms with Gasteiger partial charge in [0.2, 0.25) is 0 Å². The molecule has 0 aromatic heterocycles. The predicted molar refractivity (Wildman–Crippen MR) is 42.9 cm³/mol. The zero-order valence-electron chi connectivity index (χ0n) is 6.74. The Morgan fingerprint density at radius 2 is 2.23 bits per heavy atom. The lowest BCUT2D eigenvalue weighted by molar-refractivity contribution is -0.00131. The maximum Gasteiger partial charge on any atom is 0.112 e. The van der Waals surface area contributed by atoms with Gasteiger partial charge in [0.25, 0.3) is 0 Å². The topological polar surface area (TPSA) is 98.5 Å². The van der Waals surface area contributed by atoms with Crippen LogP contribution in [0.15, 0.2) is 5.11 Å². The Morgan fingerprint density at radius 1 is 1.54 bits per heavy atom. The molecule has 7 heteroatoms. The summed E-state index contributed by atoms with van der Waals surface area (Å²) in [7, 11) is 5.40. The molecule has 1 aliphatic heterocycles. The Hall–Kier alpha value is -0.745. The number of fused-ring (bicyclic) bond motifs is 1. The van der Waals surface area contributed by atoms with Gasteiger partial charge < -0.3 is 14.9 Å². The fraction of sp³-hybridized carbons (Fsp3) is 1.00. The molecule has 0 amide bonds. The van der Waals surface area contributed by atoms with Gasteiger partial charge in [-0.05, 0) is 5.53 Å². The van der Waals surface area contributed by atoms with E-state index in [9.17, 15) is 10.2 Å². The Bertz CT molecular complexity index is 282. The van der Waals surface area contributed by atoms with E-state index in [1.165, 1.54) is 0 Å². The van der Waals surface area contributed by atoms with Gasteiger partial charge in [-0.3, -0.25) is 0 Å². The van der Waals surface area contributed by atoms with Crippen molar-refractivity contribution in [3.63, 3.8) is 0 Å². The summed E-state index contributed by atoms with van der Waals surface area (Å²) in [6.07, 6.45) is -2.21. The number of aliphatic hydroxyl groups excluding tert-OH is 2. The van der Waals surface area contributed by atoms with Gasteiger partial charge in [0.1, 0.15) is 7.85 Å². The molecule has 1 saturated carbocycles. The zero-order valence-corrected chi connectivity index (χ0v) is 6.74. The molecule has 1 aliphatic carbocycles. The Kier molecular flexibility index (Phi) is 1.78.